The van der Waals surface area contributed by atoms with Gasteiger partial charge in [-0.25, -0.2) is 0 Å². The van der Waals surface area contributed by atoms with Crippen LogP contribution in [0.2, 0.25) is 0 Å². The standard InChI is InChI=1S/C58H38N2O/c1-2-17-44-39(15-1)16-13-29-53(44)59(43-37-35-42(36-38-43)47-23-14-24-51-50-22-7-12-30-57(50)61-58(47)51)52-25-8-3-18-45(52)40-31-33-41(34-32-40)46-19-4-9-26-54(46)60-55-27-10-5-20-48(55)49-21-6-11-28-56(49)60/h1-38H. The molecule has 0 unspecified atom stereocenters. The predicted molar refractivity (Wildman–Crippen MR) is 257 cm³/mol. The van der Waals surface area contributed by atoms with Gasteiger partial charge in [0.1, 0.15) is 11.2 Å². The van der Waals surface area contributed by atoms with Crippen molar-refractivity contribution in [1.29, 1.82) is 0 Å². The Hall–Kier alpha value is -8.14. The molecule has 0 saturated heterocycles. The van der Waals surface area contributed by atoms with Crippen LogP contribution in [-0.2, 0) is 0 Å². The molecule has 12 aromatic rings. The predicted octanol–water partition coefficient (Wildman–Crippen LogP) is 16.3. The van der Waals surface area contributed by atoms with Crippen LogP contribution >= 0.6 is 0 Å². The minimum Gasteiger partial charge on any atom is -0.455 e. The van der Waals surface area contributed by atoms with Crippen molar-refractivity contribution in [2.45, 2.75) is 0 Å². The Morgan fingerprint density at radius 1 is 0.328 bits per heavy atom. The van der Waals surface area contributed by atoms with E-state index in [9.17, 15) is 0 Å². The van der Waals surface area contributed by atoms with E-state index in [4.69, 9.17) is 4.42 Å². The monoisotopic (exact) mass is 778 g/mol. The van der Waals surface area contributed by atoms with Crippen molar-refractivity contribution in [3.8, 4) is 39.1 Å². The molecule has 0 N–H and O–H groups in total. The molecule has 2 aromatic heterocycles. The summed E-state index contributed by atoms with van der Waals surface area (Å²) in [5.74, 6) is 0. The summed E-state index contributed by atoms with van der Waals surface area (Å²) in [5.41, 5.74) is 15.5. The van der Waals surface area contributed by atoms with Crippen LogP contribution < -0.4 is 4.90 Å². The SMILES string of the molecule is c1ccc(N(c2ccc(-c3cccc4c3oc3ccccc34)cc2)c2cccc3ccccc23)c(-c2ccc(-c3ccccc3-n3c4ccccc4c4ccccc43)cc2)c1. The van der Waals surface area contributed by atoms with E-state index in [0.717, 1.165) is 66.9 Å². The van der Waals surface area contributed by atoms with Crippen molar-refractivity contribution in [3.63, 3.8) is 0 Å². The van der Waals surface area contributed by atoms with Gasteiger partial charge in [-0.15, -0.1) is 0 Å². The lowest BCUT2D eigenvalue weighted by Crippen LogP contribution is -2.11. The first-order chi connectivity index (χ1) is 30.3. The fourth-order valence-electron chi connectivity index (χ4n) is 9.41. The van der Waals surface area contributed by atoms with Crippen molar-refractivity contribution in [1.82, 2.24) is 4.57 Å². The highest BCUT2D eigenvalue weighted by atomic mass is 16.3. The lowest BCUT2D eigenvalue weighted by atomic mass is 9.97. The number of hydrogen-bond donors (Lipinski definition) is 0. The molecule has 0 atom stereocenters. The van der Waals surface area contributed by atoms with E-state index >= 15 is 0 Å². The second kappa shape index (κ2) is 14.3. The number of aromatic nitrogens is 1. The smallest absolute Gasteiger partial charge is 0.143 e. The van der Waals surface area contributed by atoms with Gasteiger partial charge in [0.15, 0.2) is 0 Å². The van der Waals surface area contributed by atoms with E-state index in [-0.39, 0.29) is 0 Å². The van der Waals surface area contributed by atoms with Gasteiger partial charge in [-0.05, 0) is 70.6 Å². The van der Waals surface area contributed by atoms with Crippen LogP contribution in [0.5, 0.6) is 0 Å². The van der Waals surface area contributed by atoms with Crippen molar-refractivity contribution in [2.24, 2.45) is 0 Å². The molecule has 3 nitrogen and oxygen atoms in total. The van der Waals surface area contributed by atoms with Gasteiger partial charge in [0, 0.05) is 49.3 Å². The maximum atomic E-state index is 6.45. The molecule has 0 aliphatic heterocycles. The summed E-state index contributed by atoms with van der Waals surface area (Å²) in [7, 11) is 0. The van der Waals surface area contributed by atoms with E-state index in [1.165, 1.54) is 43.7 Å². The molecule has 3 heteroatoms. The number of para-hydroxylation sites is 6. The number of nitrogens with zero attached hydrogens (tertiary/aromatic N) is 2. The van der Waals surface area contributed by atoms with Crippen molar-refractivity contribution >= 4 is 71.6 Å². The highest BCUT2D eigenvalue weighted by Crippen LogP contribution is 2.45. The normalized spacial score (nSPS) is 11.6. The highest BCUT2D eigenvalue weighted by molar-refractivity contribution is 6.11. The van der Waals surface area contributed by atoms with Crippen LogP contribution in [0.4, 0.5) is 17.1 Å². The van der Waals surface area contributed by atoms with Crippen molar-refractivity contribution < 1.29 is 4.42 Å². The molecule has 0 aliphatic rings. The molecule has 0 spiro atoms. The molecule has 286 valence electrons. The summed E-state index contributed by atoms with van der Waals surface area (Å²) in [4.78, 5) is 2.41. The van der Waals surface area contributed by atoms with E-state index in [0.29, 0.717) is 0 Å². The van der Waals surface area contributed by atoms with Gasteiger partial charge in [-0.3, -0.25) is 0 Å². The Labute approximate surface area is 353 Å². The third-order valence-corrected chi connectivity index (χ3v) is 12.2. The lowest BCUT2D eigenvalue weighted by molar-refractivity contribution is 0.670. The van der Waals surface area contributed by atoms with Gasteiger partial charge in [0.05, 0.1) is 28.1 Å². The highest BCUT2D eigenvalue weighted by Gasteiger charge is 2.21. The van der Waals surface area contributed by atoms with Crippen LogP contribution in [0.15, 0.2) is 235 Å². The number of benzene rings is 10. The summed E-state index contributed by atoms with van der Waals surface area (Å²) >= 11 is 0. The number of rotatable bonds is 7. The van der Waals surface area contributed by atoms with Gasteiger partial charge >= 0.3 is 0 Å². The fraction of sp³-hybridized carbons (Fsp3) is 0. The zero-order valence-corrected chi connectivity index (χ0v) is 33.2. The van der Waals surface area contributed by atoms with E-state index in [1.807, 2.05) is 12.1 Å². The topological polar surface area (TPSA) is 21.3 Å². The van der Waals surface area contributed by atoms with Crippen LogP contribution in [0.1, 0.15) is 0 Å². The number of fused-ring (bicyclic) bond motifs is 7. The maximum absolute atomic E-state index is 6.45. The number of furan rings is 1. The van der Waals surface area contributed by atoms with Crippen LogP contribution in [0, 0.1) is 0 Å². The van der Waals surface area contributed by atoms with Crippen LogP contribution in [0.25, 0.3) is 93.6 Å². The molecule has 10 aromatic carbocycles. The minimum absolute atomic E-state index is 0.903. The summed E-state index contributed by atoms with van der Waals surface area (Å²) in [5, 5.41) is 7.16. The zero-order chi connectivity index (χ0) is 40.3. The number of hydrogen-bond acceptors (Lipinski definition) is 2. The number of anilines is 3. The second-order valence-corrected chi connectivity index (χ2v) is 15.6. The lowest BCUT2D eigenvalue weighted by Gasteiger charge is -2.29. The van der Waals surface area contributed by atoms with E-state index in [2.05, 4.69) is 228 Å². The van der Waals surface area contributed by atoms with Crippen LogP contribution in [-0.4, -0.2) is 4.57 Å². The van der Waals surface area contributed by atoms with Gasteiger partial charge in [0.25, 0.3) is 0 Å². The summed E-state index contributed by atoms with van der Waals surface area (Å²) in [6, 6.07) is 82.9. The summed E-state index contributed by atoms with van der Waals surface area (Å²) < 4.78 is 8.86. The first kappa shape index (κ1) is 34.9. The molecular weight excluding hydrogens is 741 g/mol. The van der Waals surface area contributed by atoms with E-state index in [1.54, 1.807) is 0 Å². The minimum atomic E-state index is 0.903. The first-order valence-corrected chi connectivity index (χ1v) is 20.8. The molecule has 2 heterocycles. The molecule has 12 rings (SSSR count). The Morgan fingerprint density at radius 2 is 0.820 bits per heavy atom. The molecule has 0 saturated carbocycles. The van der Waals surface area contributed by atoms with Crippen molar-refractivity contribution in [2.75, 3.05) is 4.90 Å². The molecule has 0 radical (unpaired) electrons. The Bertz CT molecular complexity index is 3530. The molecule has 0 amide bonds. The van der Waals surface area contributed by atoms with Gasteiger partial charge in [0.2, 0.25) is 0 Å². The molecule has 61 heavy (non-hydrogen) atoms. The van der Waals surface area contributed by atoms with Gasteiger partial charge < -0.3 is 13.9 Å². The largest absolute Gasteiger partial charge is 0.455 e. The molecular formula is C58H38N2O. The maximum Gasteiger partial charge on any atom is 0.143 e. The third-order valence-electron chi connectivity index (χ3n) is 12.2. The van der Waals surface area contributed by atoms with Gasteiger partial charge in [-0.2, -0.15) is 0 Å². The Morgan fingerprint density at radius 3 is 1.59 bits per heavy atom. The first-order valence-electron chi connectivity index (χ1n) is 20.8. The summed E-state index contributed by atoms with van der Waals surface area (Å²) in [6.07, 6.45) is 0. The quantitative estimate of drug-likeness (QED) is 0.161. The van der Waals surface area contributed by atoms with Crippen molar-refractivity contribution in [3.05, 3.63) is 231 Å². The van der Waals surface area contributed by atoms with Crippen LogP contribution in [0.3, 0.4) is 0 Å². The Kier molecular flexibility index (Phi) is 8.17. The van der Waals surface area contributed by atoms with Gasteiger partial charge in [-0.1, -0.05) is 182 Å². The molecule has 0 fully saturated rings. The second-order valence-electron chi connectivity index (χ2n) is 15.6. The average molecular weight is 779 g/mol. The Balaban J connectivity index is 0.973. The molecule has 0 aliphatic carbocycles. The third kappa shape index (κ3) is 5.74. The molecule has 0 bridgehead atoms. The zero-order valence-electron chi connectivity index (χ0n) is 33.2. The summed E-state index contributed by atoms with van der Waals surface area (Å²) in [6.45, 7) is 0. The fourth-order valence-corrected chi connectivity index (χ4v) is 9.41. The van der Waals surface area contributed by atoms with E-state index < -0.39 is 0 Å². The average Bonchev–Trinajstić information content (AvgIpc) is 3.88.